The smallest absolute Gasteiger partial charge is 0.295 e. The van der Waals surface area contributed by atoms with Gasteiger partial charge in [0.25, 0.3) is 11.9 Å². The lowest BCUT2D eigenvalue weighted by atomic mass is 10.1. The number of aromatic nitrogens is 2. The molecule has 2 aromatic carbocycles. The monoisotopic (exact) mass is 458 g/mol. The fourth-order valence-electron chi connectivity index (χ4n) is 5.41. The summed E-state index contributed by atoms with van der Waals surface area (Å²) >= 11 is 1.60. The summed E-state index contributed by atoms with van der Waals surface area (Å²) in [7, 11) is 0. The summed E-state index contributed by atoms with van der Waals surface area (Å²) in [5, 5.41) is 4.27. The highest BCUT2D eigenvalue weighted by Crippen LogP contribution is 2.55. The average molecular weight is 459 g/mol. The number of carbonyl (C=O) groups is 1. The molecule has 1 aliphatic carbocycles. The molecule has 0 spiro atoms. The zero-order valence-corrected chi connectivity index (χ0v) is 19.7. The van der Waals surface area contributed by atoms with Crippen LogP contribution in [0.25, 0.3) is 21.5 Å². The molecule has 33 heavy (non-hydrogen) atoms. The number of fused-ring (bicyclic) bond motifs is 2. The minimum absolute atomic E-state index is 0.0290. The van der Waals surface area contributed by atoms with E-state index in [9.17, 15) is 4.79 Å². The van der Waals surface area contributed by atoms with Crippen LogP contribution < -0.4 is 5.32 Å². The number of piperidine rings is 1. The van der Waals surface area contributed by atoms with Gasteiger partial charge in [0, 0.05) is 13.1 Å². The van der Waals surface area contributed by atoms with Crippen molar-refractivity contribution in [3.8, 4) is 10.4 Å². The second-order valence-corrected chi connectivity index (χ2v) is 10.4. The summed E-state index contributed by atoms with van der Waals surface area (Å²) in [6, 6.07) is 16.5. The minimum atomic E-state index is 0.0290. The molecule has 1 saturated carbocycles. The van der Waals surface area contributed by atoms with Crippen LogP contribution >= 0.6 is 11.3 Å². The number of para-hydroxylation sites is 2. The van der Waals surface area contributed by atoms with E-state index in [0.29, 0.717) is 36.0 Å². The zero-order chi connectivity index (χ0) is 22.7. The van der Waals surface area contributed by atoms with Crippen molar-refractivity contribution in [2.75, 3.05) is 18.4 Å². The maximum atomic E-state index is 13.8. The molecule has 2 fully saturated rings. The molecule has 3 unspecified atom stereocenters. The Hall–Kier alpha value is -3.19. The lowest BCUT2D eigenvalue weighted by Gasteiger charge is -2.28. The van der Waals surface area contributed by atoms with Crippen LogP contribution in [0, 0.1) is 31.6 Å². The van der Waals surface area contributed by atoms with E-state index in [1.165, 1.54) is 0 Å². The topological polar surface area (TPSA) is 71.3 Å². The first-order valence-corrected chi connectivity index (χ1v) is 12.3. The fraction of sp³-hybridized carbons (Fsp3) is 0.346. The van der Waals surface area contributed by atoms with E-state index >= 15 is 0 Å². The van der Waals surface area contributed by atoms with Gasteiger partial charge in [0.15, 0.2) is 5.58 Å². The van der Waals surface area contributed by atoms with Crippen molar-refractivity contribution in [1.82, 2.24) is 14.9 Å². The molecule has 168 valence electrons. The molecule has 6 rings (SSSR count). The van der Waals surface area contributed by atoms with Crippen LogP contribution in [0.5, 0.6) is 0 Å². The van der Waals surface area contributed by atoms with Crippen LogP contribution in [-0.4, -0.2) is 39.9 Å². The Morgan fingerprint density at radius 1 is 1.15 bits per heavy atom. The summed E-state index contributed by atoms with van der Waals surface area (Å²) in [4.78, 5) is 26.0. The Morgan fingerprint density at radius 3 is 2.76 bits per heavy atom. The van der Waals surface area contributed by atoms with E-state index in [1.807, 2.05) is 48.2 Å². The Morgan fingerprint density at radius 2 is 1.94 bits per heavy atom. The molecule has 6 nitrogen and oxygen atoms in total. The predicted molar refractivity (Wildman–Crippen MR) is 130 cm³/mol. The number of carbonyl (C=O) groups excluding carboxylic acids is 1. The molecule has 1 N–H and O–H groups in total. The first kappa shape index (κ1) is 20.4. The van der Waals surface area contributed by atoms with Gasteiger partial charge in [-0.3, -0.25) is 4.79 Å². The molecule has 2 aromatic heterocycles. The van der Waals surface area contributed by atoms with Crippen LogP contribution in [0.4, 0.5) is 6.01 Å². The molecule has 1 amide bonds. The first-order chi connectivity index (χ1) is 16.0. The van der Waals surface area contributed by atoms with Gasteiger partial charge in [-0.15, -0.1) is 11.3 Å². The largest absolute Gasteiger partial charge is 0.424 e. The van der Waals surface area contributed by atoms with Crippen LogP contribution in [0.2, 0.25) is 0 Å². The number of nitrogens with one attached hydrogen (secondary N) is 1. The van der Waals surface area contributed by atoms with E-state index in [-0.39, 0.29) is 11.9 Å². The highest BCUT2D eigenvalue weighted by molar-refractivity contribution is 7.15. The Balaban J connectivity index is 1.27. The Bertz CT molecular complexity index is 1330. The normalized spacial score (nSPS) is 23.7. The molecular formula is C26H26N4O2S. The van der Waals surface area contributed by atoms with Crippen LogP contribution in [-0.2, 0) is 0 Å². The van der Waals surface area contributed by atoms with E-state index in [1.54, 1.807) is 11.3 Å². The van der Waals surface area contributed by atoms with Gasteiger partial charge in [0.05, 0.1) is 15.9 Å². The number of hydrogen-bond donors (Lipinski definition) is 1. The number of benzene rings is 2. The third-order valence-electron chi connectivity index (χ3n) is 7.23. The second kappa shape index (κ2) is 7.70. The van der Waals surface area contributed by atoms with Gasteiger partial charge in [-0.1, -0.05) is 43.3 Å². The summed E-state index contributed by atoms with van der Waals surface area (Å²) < 4.78 is 5.84. The van der Waals surface area contributed by atoms with E-state index < -0.39 is 0 Å². The molecule has 4 atom stereocenters. The van der Waals surface area contributed by atoms with Gasteiger partial charge in [-0.05, 0) is 54.9 Å². The number of thiazole rings is 1. The molecule has 1 aliphatic heterocycles. The number of rotatable bonds is 5. The summed E-state index contributed by atoms with van der Waals surface area (Å²) in [5.74, 6) is 1.73. The second-order valence-electron chi connectivity index (χ2n) is 9.22. The van der Waals surface area contributed by atoms with Gasteiger partial charge in [-0.2, -0.15) is 4.98 Å². The summed E-state index contributed by atoms with van der Waals surface area (Å²) in [6.45, 7) is 7.74. The Kier molecular flexibility index (Phi) is 4.76. The number of aryl methyl sites for hydroxylation is 2. The third-order valence-corrected chi connectivity index (χ3v) is 8.24. The number of likely N-dealkylation sites (tertiary alicyclic amines) is 1. The standard InChI is InChI=1S/C26H26N4O2S/c1-14-8-4-5-9-17(14)24-23(28-16(3)33-24)25(31)30-13-18-15(2)22(18)20(30)12-27-26-29-19-10-6-7-11-21(19)32-26/h4-11,15,18,20,22H,12-13H2,1-3H3,(H,27,29)/t15?,18?,20-,22?/m1/s1. The SMILES string of the molecule is Cc1nc(C(=O)N2CC3C(C)C3[C@H]2CNc2nc3ccccc3o2)c(-c2ccccc2C)s1. The van der Waals surface area contributed by atoms with Gasteiger partial charge in [0.1, 0.15) is 11.2 Å². The molecule has 7 heteroatoms. The molecule has 1 saturated heterocycles. The number of oxazole rings is 1. The van der Waals surface area contributed by atoms with Gasteiger partial charge in [-0.25, -0.2) is 4.98 Å². The lowest BCUT2D eigenvalue weighted by Crippen LogP contribution is -2.43. The van der Waals surface area contributed by atoms with Crippen molar-refractivity contribution >= 4 is 34.4 Å². The van der Waals surface area contributed by atoms with Crippen molar-refractivity contribution in [2.45, 2.75) is 26.8 Å². The summed E-state index contributed by atoms with van der Waals surface area (Å²) in [6.07, 6.45) is 0. The summed E-state index contributed by atoms with van der Waals surface area (Å²) in [5.41, 5.74) is 4.41. The van der Waals surface area contributed by atoms with Gasteiger partial charge >= 0.3 is 0 Å². The molecule has 0 bridgehead atoms. The van der Waals surface area contributed by atoms with Crippen molar-refractivity contribution in [1.29, 1.82) is 0 Å². The van der Waals surface area contributed by atoms with Crippen molar-refractivity contribution in [3.05, 3.63) is 64.8 Å². The maximum Gasteiger partial charge on any atom is 0.295 e. The van der Waals surface area contributed by atoms with E-state index in [4.69, 9.17) is 4.42 Å². The average Bonchev–Trinajstić information content (AvgIpc) is 3.20. The Labute approximate surface area is 196 Å². The van der Waals surface area contributed by atoms with Gasteiger partial charge in [0.2, 0.25) is 0 Å². The van der Waals surface area contributed by atoms with Crippen molar-refractivity contribution in [3.63, 3.8) is 0 Å². The molecular weight excluding hydrogens is 432 g/mol. The predicted octanol–water partition coefficient (Wildman–Crippen LogP) is 5.39. The van der Waals surface area contributed by atoms with E-state index in [0.717, 1.165) is 38.7 Å². The number of amides is 1. The molecule has 4 aromatic rings. The number of nitrogens with zero attached hydrogens (tertiary/aromatic N) is 3. The molecule has 3 heterocycles. The number of hydrogen-bond acceptors (Lipinski definition) is 6. The fourth-order valence-corrected chi connectivity index (χ4v) is 6.41. The highest BCUT2D eigenvalue weighted by Gasteiger charge is 2.60. The number of anilines is 1. The quantitative estimate of drug-likeness (QED) is 0.434. The minimum Gasteiger partial charge on any atom is -0.424 e. The van der Waals surface area contributed by atoms with Gasteiger partial charge < -0.3 is 14.6 Å². The highest BCUT2D eigenvalue weighted by atomic mass is 32.1. The van der Waals surface area contributed by atoms with E-state index in [2.05, 4.69) is 41.3 Å². The zero-order valence-electron chi connectivity index (χ0n) is 18.9. The first-order valence-electron chi connectivity index (χ1n) is 11.4. The van der Waals surface area contributed by atoms with Crippen LogP contribution in [0.1, 0.15) is 28.0 Å². The van der Waals surface area contributed by atoms with Crippen LogP contribution in [0.15, 0.2) is 52.9 Å². The molecule has 2 aliphatic rings. The maximum absolute atomic E-state index is 13.8. The third kappa shape index (κ3) is 3.42. The lowest BCUT2D eigenvalue weighted by molar-refractivity contribution is 0.0700. The van der Waals surface area contributed by atoms with Crippen LogP contribution in [0.3, 0.4) is 0 Å². The molecule has 0 radical (unpaired) electrons. The van der Waals surface area contributed by atoms with Crippen molar-refractivity contribution < 1.29 is 9.21 Å². The van der Waals surface area contributed by atoms with Crippen molar-refractivity contribution in [2.24, 2.45) is 17.8 Å².